The highest BCUT2D eigenvalue weighted by Crippen LogP contribution is 2.26. The van der Waals surface area contributed by atoms with Crippen LogP contribution in [0.2, 0.25) is 0 Å². The van der Waals surface area contributed by atoms with E-state index in [4.69, 9.17) is 9.52 Å². The zero-order chi connectivity index (χ0) is 12.1. The number of hydrogen-bond acceptors (Lipinski definition) is 3. The number of furan rings is 1. The largest absolute Gasteiger partial charge is 0.480 e. The first kappa shape index (κ1) is 13.7. The molecule has 0 saturated heterocycles. The van der Waals surface area contributed by atoms with E-state index in [0.29, 0.717) is 23.4 Å². The quantitative estimate of drug-likeness (QED) is 0.823. The number of nitrogens with one attached hydrogen (secondary N) is 1. The summed E-state index contributed by atoms with van der Waals surface area (Å²) in [5, 5.41) is 11.9. The van der Waals surface area contributed by atoms with Crippen molar-refractivity contribution in [2.75, 3.05) is 0 Å². The van der Waals surface area contributed by atoms with Gasteiger partial charge in [-0.2, -0.15) is 0 Å². The molecule has 4 nitrogen and oxygen atoms in total. The van der Waals surface area contributed by atoms with Crippen LogP contribution in [-0.2, 0) is 11.3 Å². The molecule has 0 saturated carbocycles. The fourth-order valence-electron chi connectivity index (χ4n) is 1.30. The predicted molar refractivity (Wildman–Crippen MR) is 67.3 cm³/mol. The van der Waals surface area contributed by atoms with E-state index in [0.717, 1.165) is 10.9 Å². The Kier molecular flexibility index (Phi) is 5.51. The standard InChI is InChI=1S/C10H13Br2NO3/c1-2-3-8(10(14)15)13-5-6-4-7(11)9(12)16-6/h4,8,13H,2-3,5H2,1H3,(H,14,15). The first-order valence-electron chi connectivity index (χ1n) is 4.94. The summed E-state index contributed by atoms with van der Waals surface area (Å²) >= 11 is 6.52. The molecule has 0 aliphatic rings. The minimum Gasteiger partial charge on any atom is -0.480 e. The highest BCUT2D eigenvalue weighted by Gasteiger charge is 2.16. The Morgan fingerprint density at radius 2 is 2.31 bits per heavy atom. The molecule has 0 fully saturated rings. The normalized spacial score (nSPS) is 12.7. The van der Waals surface area contributed by atoms with E-state index < -0.39 is 12.0 Å². The van der Waals surface area contributed by atoms with E-state index in [-0.39, 0.29) is 0 Å². The maximum Gasteiger partial charge on any atom is 0.320 e. The maximum absolute atomic E-state index is 10.9. The van der Waals surface area contributed by atoms with Crippen molar-refractivity contribution in [2.24, 2.45) is 0 Å². The number of carboxylic acids is 1. The Labute approximate surface area is 111 Å². The van der Waals surface area contributed by atoms with Gasteiger partial charge in [0.1, 0.15) is 11.8 Å². The molecule has 0 aliphatic heterocycles. The second kappa shape index (κ2) is 6.42. The number of hydrogen-bond donors (Lipinski definition) is 2. The SMILES string of the molecule is CCCC(NCc1cc(Br)c(Br)o1)C(=O)O. The summed E-state index contributed by atoms with van der Waals surface area (Å²) in [5.41, 5.74) is 0. The van der Waals surface area contributed by atoms with Crippen molar-refractivity contribution in [1.82, 2.24) is 5.32 Å². The highest BCUT2D eigenvalue weighted by atomic mass is 79.9. The average molecular weight is 355 g/mol. The molecule has 0 amide bonds. The Balaban J connectivity index is 2.51. The smallest absolute Gasteiger partial charge is 0.320 e. The van der Waals surface area contributed by atoms with E-state index >= 15 is 0 Å². The first-order chi connectivity index (χ1) is 7.54. The molecular weight excluding hydrogens is 342 g/mol. The molecule has 1 heterocycles. The van der Waals surface area contributed by atoms with Gasteiger partial charge < -0.3 is 9.52 Å². The number of aliphatic carboxylic acids is 1. The van der Waals surface area contributed by atoms with Crippen LogP contribution in [0.1, 0.15) is 25.5 Å². The van der Waals surface area contributed by atoms with Crippen LogP contribution in [0.15, 0.2) is 19.6 Å². The van der Waals surface area contributed by atoms with Crippen LogP contribution < -0.4 is 5.32 Å². The first-order valence-corrected chi connectivity index (χ1v) is 6.53. The van der Waals surface area contributed by atoms with E-state index in [1.165, 1.54) is 0 Å². The Morgan fingerprint density at radius 1 is 1.62 bits per heavy atom. The minimum absolute atomic E-state index is 0.404. The zero-order valence-corrected chi connectivity index (χ0v) is 12.0. The lowest BCUT2D eigenvalue weighted by Gasteiger charge is -2.11. The van der Waals surface area contributed by atoms with Gasteiger partial charge in [-0.3, -0.25) is 10.1 Å². The van der Waals surface area contributed by atoms with Gasteiger partial charge in [0.05, 0.1) is 11.0 Å². The summed E-state index contributed by atoms with van der Waals surface area (Å²) in [7, 11) is 0. The topological polar surface area (TPSA) is 62.5 Å². The molecule has 2 N–H and O–H groups in total. The summed E-state index contributed by atoms with van der Waals surface area (Å²) in [4.78, 5) is 10.9. The lowest BCUT2D eigenvalue weighted by atomic mass is 10.1. The van der Waals surface area contributed by atoms with Crippen molar-refractivity contribution in [2.45, 2.75) is 32.4 Å². The second-order valence-corrected chi connectivity index (χ2v) is 4.97. The Bertz CT molecular complexity index is 345. The fourth-order valence-corrected chi connectivity index (χ4v) is 1.96. The van der Waals surface area contributed by atoms with Gasteiger partial charge in [0.15, 0.2) is 4.67 Å². The molecule has 6 heteroatoms. The van der Waals surface area contributed by atoms with Crippen LogP contribution in [0, 0.1) is 0 Å². The summed E-state index contributed by atoms with van der Waals surface area (Å²) in [6.07, 6.45) is 1.44. The van der Waals surface area contributed by atoms with Crippen LogP contribution in [0.5, 0.6) is 0 Å². The average Bonchev–Trinajstić information content (AvgIpc) is 2.53. The molecule has 1 aromatic rings. The molecule has 0 aromatic carbocycles. The van der Waals surface area contributed by atoms with Gasteiger partial charge in [-0.15, -0.1) is 0 Å². The van der Waals surface area contributed by atoms with E-state index in [9.17, 15) is 4.79 Å². The van der Waals surface area contributed by atoms with Crippen LogP contribution >= 0.6 is 31.9 Å². The van der Waals surface area contributed by atoms with Crippen molar-refractivity contribution in [3.63, 3.8) is 0 Å². The van der Waals surface area contributed by atoms with Gasteiger partial charge in [-0.1, -0.05) is 13.3 Å². The molecule has 90 valence electrons. The molecule has 1 atom stereocenters. The van der Waals surface area contributed by atoms with Gasteiger partial charge in [0.25, 0.3) is 0 Å². The lowest BCUT2D eigenvalue weighted by molar-refractivity contribution is -0.139. The monoisotopic (exact) mass is 353 g/mol. The highest BCUT2D eigenvalue weighted by molar-refractivity contribution is 9.13. The van der Waals surface area contributed by atoms with Crippen molar-refractivity contribution < 1.29 is 14.3 Å². The van der Waals surface area contributed by atoms with Crippen LogP contribution in [0.4, 0.5) is 0 Å². The Morgan fingerprint density at radius 3 is 2.75 bits per heavy atom. The molecule has 16 heavy (non-hydrogen) atoms. The summed E-state index contributed by atoms with van der Waals surface area (Å²) in [6.45, 7) is 2.36. The van der Waals surface area contributed by atoms with E-state index in [2.05, 4.69) is 37.2 Å². The number of carbonyl (C=O) groups is 1. The molecule has 0 radical (unpaired) electrons. The van der Waals surface area contributed by atoms with Crippen molar-refractivity contribution in [1.29, 1.82) is 0 Å². The maximum atomic E-state index is 10.9. The number of halogens is 2. The minimum atomic E-state index is -0.827. The Hall–Kier alpha value is -0.330. The van der Waals surface area contributed by atoms with Gasteiger partial charge in [0, 0.05) is 0 Å². The number of carboxylic acid groups (broad SMARTS) is 1. The molecule has 0 spiro atoms. The van der Waals surface area contributed by atoms with Crippen LogP contribution in [0.3, 0.4) is 0 Å². The van der Waals surface area contributed by atoms with Gasteiger partial charge in [0.2, 0.25) is 0 Å². The van der Waals surface area contributed by atoms with Crippen LogP contribution in [-0.4, -0.2) is 17.1 Å². The predicted octanol–water partition coefficient (Wildman–Crippen LogP) is 3.15. The lowest BCUT2D eigenvalue weighted by Crippen LogP contribution is -2.35. The van der Waals surface area contributed by atoms with E-state index in [1.807, 2.05) is 13.0 Å². The third kappa shape index (κ3) is 3.92. The second-order valence-electron chi connectivity index (χ2n) is 3.39. The summed E-state index contributed by atoms with van der Waals surface area (Å²) in [5.74, 6) is -0.132. The fraction of sp³-hybridized carbons (Fsp3) is 0.500. The van der Waals surface area contributed by atoms with E-state index in [1.54, 1.807) is 0 Å². The van der Waals surface area contributed by atoms with Gasteiger partial charge >= 0.3 is 5.97 Å². The third-order valence-corrected chi connectivity index (χ3v) is 3.80. The molecule has 0 aliphatic carbocycles. The molecular formula is C10H13Br2NO3. The summed E-state index contributed by atoms with van der Waals surface area (Å²) < 4.78 is 6.78. The third-order valence-electron chi connectivity index (χ3n) is 2.09. The molecule has 1 aromatic heterocycles. The molecule has 1 unspecified atom stereocenters. The zero-order valence-electron chi connectivity index (χ0n) is 8.80. The van der Waals surface area contributed by atoms with Crippen molar-refractivity contribution in [3.05, 3.63) is 21.0 Å². The van der Waals surface area contributed by atoms with Crippen LogP contribution in [0.25, 0.3) is 0 Å². The molecule has 0 bridgehead atoms. The van der Waals surface area contributed by atoms with Crippen molar-refractivity contribution >= 4 is 37.8 Å². The van der Waals surface area contributed by atoms with Gasteiger partial charge in [-0.05, 0) is 44.3 Å². The number of rotatable bonds is 6. The summed E-state index contributed by atoms with van der Waals surface area (Å²) in [6, 6.07) is 1.29. The van der Waals surface area contributed by atoms with Crippen molar-refractivity contribution in [3.8, 4) is 0 Å². The molecule has 1 rings (SSSR count). The van der Waals surface area contributed by atoms with Gasteiger partial charge in [-0.25, -0.2) is 0 Å².